The van der Waals surface area contributed by atoms with Gasteiger partial charge in [0.15, 0.2) is 0 Å². The Kier molecular flexibility index (Phi) is 7.49. The van der Waals surface area contributed by atoms with Crippen molar-refractivity contribution in [2.75, 3.05) is 18.5 Å². The van der Waals surface area contributed by atoms with Crippen LogP contribution in [0.3, 0.4) is 0 Å². The second kappa shape index (κ2) is 10.1. The summed E-state index contributed by atoms with van der Waals surface area (Å²) in [5.74, 6) is -2.22. The predicted octanol–water partition coefficient (Wildman–Crippen LogP) is 3.15. The molecule has 0 spiro atoms. The number of anilines is 1. The molecule has 2 rings (SSSR count). The Labute approximate surface area is 156 Å². The van der Waals surface area contributed by atoms with E-state index < -0.39 is 23.6 Å². The Morgan fingerprint density at radius 3 is 2.41 bits per heavy atom. The minimum atomic E-state index is -0.673. The average molecular weight is 372 g/mol. The van der Waals surface area contributed by atoms with Crippen LogP contribution in [0.25, 0.3) is 0 Å². The van der Waals surface area contributed by atoms with E-state index in [1.54, 1.807) is 24.3 Å². The summed E-state index contributed by atoms with van der Waals surface area (Å²) in [5.41, 5.74) is 0.721. The Hall–Kier alpha value is -3.22. The van der Waals surface area contributed by atoms with E-state index in [1.165, 1.54) is 24.3 Å². The van der Waals surface area contributed by atoms with Crippen molar-refractivity contribution in [3.63, 3.8) is 0 Å². The number of amides is 2. The molecular weight excluding hydrogens is 351 g/mol. The molecule has 142 valence electrons. The number of carbonyl (C=O) groups excluding carboxylic acids is 3. The van der Waals surface area contributed by atoms with Crippen LogP contribution >= 0.6 is 0 Å². The number of ether oxygens (including phenoxy) is 1. The summed E-state index contributed by atoms with van der Waals surface area (Å²) in [4.78, 5) is 35.6. The molecule has 0 saturated carbocycles. The molecule has 0 atom stereocenters. The van der Waals surface area contributed by atoms with Crippen LogP contribution < -0.4 is 10.6 Å². The third-order valence-corrected chi connectivity index (χ3v) is 3.66. The van der Waals surface area contributed by atoms with Crippen LogP contribution in [0, 0.1) is 5.82 Å². The molecule has 2 aromatic carbocycles. The molecule has 0 aromatic heterocycles. The van der Waals surface area contributed by atoms with Crippen LogP contribution in [-0.2, 0) is 9.53 Å². The van der Waals surface area contributed by atoms with Gasteiger partial charge in [-0.1, -0.05) is 25.5 Å². The molecule has 0 aliphatic rings. The molecular formula is C20H21FN2O4. The maximum Gasteiger partial charge on any atom is 0.338 e. The summed E-state index contributed by atoms with van der Waals surface area (Å²) >= 11 is 0. The Morgan fingerprint density at radius 2 is 1.74 bits per heavy atom. The molecule has 6 nitrogen and oxygen atoms in total. The fourth-order valence-corrected chi connectivity index (χ4v) is 2.19. The third-order valence-electron chi connectivity index (χ3n) is 3.66. The maximum atomic E-state index is 13.5. The van der Waals surface area contributed by atoms with Crippen LogP contribution in [0.5, 0.6) is 0 Å². The normalized spacial score (nSPS) is 10.1. The van der Waals surface area contributed by atoms with Crippen molar-refractivity contribution in [3.8, 4) is 0 Å². The van der Waals surface area contributed by atoms with Crippen molar-refractivity contribution in [1.29, 1.82) is 0 Å². The van der Waals surface area contributed by atoms with E-state index in [2.05, 4.69) is 10.6 Å². The van der Waals surface area contributed by atoms with Gasteiger partial charge in [0, 0.05) is 5.69 Å². The van der Waals surface area contributed by atoms with Gasteiger partial charge in [0.25, 0.3) is 5.91 Å². The van der Waals surface area contributed by atoms with Crippen LogP contribution in [0.15, 0.2) is 48.5 Å². The first kappa shape index (κ1) is 20.1. The number of esters is 1. The second-order valence-corrected chi connectivity index (χ2v) is 5.78. The fourth-order valence-electron chi connectivity index (χ4n) is 2.19. The van der Waals surface area contributed by atoms with Crippen molar-refractivity contribution in [2.24, 2.45) is 0 Å². The third kappa shape index (κ3) is 6.22. The highest BCUT2D eigenvalue weighted by Crippen LogP contribution is 2.11. The Morgan fingerprint density at radius 1 is 1.04 bits per heavy atom. The SMILES string of the molecule is CCCCOC(=O)c1ccc(NC(=O)CNC(=O)c2ccccc2F)cc1. The van der Waals surface area contributed by atoms with Gasteiger partial charge in [0.2, 0.25) is 5.91 Å². The molecule has 7 heteroatoms. The number of hydrogen-bond acceptors (Lipinski definition) is 4. The molecule has 2 amide bonds. The van der Waals surface area contributed by atoms with Gasteiger partial charge in [-0.3, -0.25) is 9.59 Å². The van der Waals surface area contributed by atoms with E-state index in [4.69, 9.17) is 4.74 Å². The summed E-state index contributed by atoms with van der Waals surface area (Å²) < 4.78 is 18.6. The fraction of sp³-hybridized carbons (Fsp3) is 0.250. The highest BCUT2D eigenvalue weighted by molar-refractivity contribution is 5.99. The molecule has 0 unspecified atom stereocenters. The van der Waals surface area contributed by atoms with Crippen molar-refractivity contribution < 1.29 is 23.5 Å². The van der Waals surface area contributed by atoms with E-state index in [1.807, 2.05) is 6.92 Å². The van der Waals surface area contributed by atoms with Crippen molar-refractivity contribution in [3.05, 3.63) is 65.5 Å². The lowest BCUT2D eigenvalue weighted by Gasteiger charge is -2.08. The first-order valence-electron chi connectivity index (χ1n) is 8.61. The lowest BCUT2D eigenvalue weighted by Crippen LogP contribution is -2.33. The Bertz CT molecular complexity index is 806. The lowest BCUT2D eigenvalue weighted by molar-refractivity contribution is -0.115. The molecule has 2 N–H and O–H groups in total. The number of halogens is 1. The quantitative estimate of drug-likeness (QED) is 0.551. The first-order valence-corrected chi connectivity index (χ1v) is 8.61. The molecule has 0 aliphatic heterocycles. The summed E-state index contributed by atoms with van der Waals surface area (Å²) in [5, 5.41) is 4.94. The number of nitrogens with one attached hydrogen (secondary N) is 2. The van der Waals surface area contributed by atoms with E-state index in [9.17, 15) is 18.8 Å². The van der Waals surface area contributed by atoms with E-state index in [-0.39, 0.29) is 12.1 Å². The Balaban J connectivity index is 1.82. The van der Waals surface area contributed by atoms with Crippen LogP contribution in [-0.4, -0.2) is 30.9 Å². The predicted molar refractivity (Wildman–Crippen MR) is 99.0 cm³/mol. The van der Waals surface area contributed by atoms with Crippen LogP contribution in [0.1, 0.15) is 40.5 Å². The second-order valence-electron chi connectivity index (χ2n) is 5.78. The number of benzene rings is 2. The van der Waals surface area contributed by atoms with Gasteiger partial charge >= 0.3 is 5.97 Å². The molecule has 0 radical (unpaired) electrons. The molecule has 27 heavy (non-hydrogen) atoms. The zero-order valence-corrected chi connectivity index (χ0v) is 15.0. The summed E-state index contributed by atoms with van der Waals surface area (Å²) in [6, 6.07) is 11.7. The zero-order valence-electron chi connectivity index (χ0n) is 15.0. The number of carbonyl (C=O) groups is 3. The smallest absolute Gasteiger partial charge is 0.338 e. The number of hydrogen-bond donors (Lipinski definition) is 2. The van der Waals surface area contributed by atoms with Gasteiger partial charge in [0.1, 0.15) is 5.82 Å². The van der Waals surface area contributed by atoms with E-state index in [0.29, 0.717) is 17.9 Å². The summed E-state index contributed by atoms with van der Waals surface area (Å²) in [6.07, 6.45) is 1.74. The molecule has 0 aliphatic carbocycles. The van der Waals surface area contributed by atoms with Gasteiger partial charge in [-0.2, -0.15) is 0 Å². The highest BCUT2D eigenvalue weighted by Gasteiger charge is 2.12. The van der Waals surface area contributed by atoms with Crippen LogP contribution in [0.4, 0.5) is 10.1 Å². The molecule has 2 aromatic rings. The summed E-state index contributed by atoms with van der Waals surface area (Å²) in [6.45, 7) is 2.06. The average Bonchev–Trinajstić information content (AvgIpc) is 2.67. The minimum absolute atomic E-state index is 0.128. The van der Waals surface area contributed by atoms with Crippen molar-refractivity contribution in [2.45, 2.75) is 19.8 Å². The van der Waals surface area contributed by atoms with Gasteiger partial charge in [0.05, 0.1) is 24.3 Å². The zero-order chi connectivity index (χ0) is 19.6. The number of rotatable bonds is 8. The molecule has 0 bridgehead atoms. The van der Waals surface area contributed by atoms with Crippen molar-refractivity contribution in [1.82, 2.24) is 5.32 Å². The van der Waals surface area contributed by atoms with E-state index >= 15 is 0 Å². The van der Waals surface area contributed by atoms with Gasteiger partial charge in [-0.25, -0.2) is 9.18 Å². The van der Waals surface area contributed by atoms with Crippen LogP contribution in [0.2, 0.25) is 0 Å². The van der Waals surface area contributed by atoms with Gasteiger partial charge in [-0.05, 0) is 42.8 Å². The molecule has 0 saturated heterocycles. The number of unbranched alkanes of at least 4 members (excludes halogenated alkanes) is 1. The first-order chi connectivity index (χ1) is 13.0. The van der Waals surface area contributed by atoms with Gasteiger partial charge < -0.3 is 15.4 Å². The standard InChI is InChI=1S/C20H21FN2O4/c1-2-3-12-27-20(26)14-8-10-15(11-9-14)23-18(24)13-22-19(25)16-6-4-5-7-17(16)21/h4-11H,2-3,12-13H2,1H3,(H,22,25)(H,23,24). The molecule has 0 fully saturated rings. The monoisotopic (exact) mass is 372 g/mol. The minimum Gasteiger partial charge on any atom is -0.462 e. The van der Waals surface area contributed by atoms with E-state index in [0.717, 1.165) is 12.8 Å². The summed E-state index contributed by atoms with van der Waals surface area (Å²) in [7, 11) is 0. The topological polar surface area (TPSA) is 84.5 Å². The largest absolute Gasteiger partial charge is 0.462 e. The highest BCUT2D eigenvalue weighted by atomic mass is 19.1. The van der Waals surface area contributed by atoms with Gasteiger partial charge in [-0.15, -0.1) is 0 Å². The lowest BCUT2D eigenvalue weighted by atomic mass is 10.2. The van der Waals surface area contributed by atoms with Crippen molar-refractivity contribution >= 4 is 23.5 Å². The molecule has 0 heterocycles. The maximum absolute atomic E-state index is 13.5.